The van der Waals surface area contributed by atoms with Crippen LogP contribution in [0.25, 0.3) is 0 Å². The van der Waals surface area contributed by atoms with Crippen LogP contribution in [-0.2, 0) is 11.3 Å². The number of hydrogen-bond donors (Lipinski definition) is 0. The summed E-state index contributed by atoms with van der Waals surface area (Å²) < 4.78 is 0. The number of carbonyl (C=O) groups is 1. The molecule has 0 saturated heterocycles. The molecule has 2 aliphatic carbocycles. The lowest BCUT2D eigenvalue weighted by atomic mass is 10.0. The second kappa shape index (κ2) is 4.99. The lowest BCUT2D eigenvalue weighted by molar-refractivity contribution is -0.134. The second-order valence-corrected chi connectivity index (χ2v) is 6.70. The molecule has 1 aromatic rings. The summed E-state index contributed by atoms with van der Waals surface area (Å²) in [4.78, 5) is 14.1. The van der Waals surface area contributed by atoms with Crippen LogP contribution in [0.2, 0.25) is 10.0 Å². The molecular weight excluding hydrogens is 281 g/mol. The Balaban J connectivity index is 1.63. The number of nitrogens with zero attached hydrogens (tertiary/aromatic N) is 1. The van der Waals surface area contributed by atoms with Crippen LogP contribution in [0.15, 0.2) is 18.2 Å². The molecule has 0 aromatic heterocycles. The van der Waals surface area contributed by atoms with Crippen molar-refractivity contribution in [3.8, 4) is 0 Å². The smallest absolute Gasteiger partial charge is 0.225 e. The Hall–Kier alpha value is -0.730. The molecule has 19 heavy (non-hydrogen) atoms. The van der Waals surface area contributed by atoms with Gasteiger partial charge in [0, 0.05) is 29.6 Å². The molecule has 2 nitrogen and oxygen atoms in total. The maximum atomic E-state index is 12.4. The highest BCUT2D eigenvalue weighted by Crippen LogP contribution is 2.54. The molecule has 0 bridgehead atoms. The Morgan fingerprint density at radius 3 is 2.58 bits per heavy atom. The highest BCUT2D eigenvalue weighted by Gasteiger charge is 2.48. The summed E-state index contributed by atoms with van der Waals surface area (Å²) in [6.07, 6.45) is 3.51. The van der Waals surface area contributed by atoms with Crippen molar-refractivity contribution in [2.45, 2.75) is 25.8 Å². The predicted molar refractivity (Wildman–Crippen MR) is 77.3 cm³/mol. The Morgan fingerprint density at radius 1 is 1.26 bits per heavy atom. The summed E-state index contributed by atoms with van der Waals surface area (Å²) in [6, 6.07) is 5.42. The van der Waals surface area contributed by atoms with Crippen molar-refractivity contribution in [3.63, 3.8) is 0 Å². The van der Waals surface area contributed by atoms with E-state index in [1.807, 2.05) is 19.2 Å². The Morgan fingerprint density at radius 2 is 1.95 bits per heavy atom. The molecule has 102 valence electrons. The van der Waals surface area contributed by atoms with Gasteiger partial charge in [0.1, 0.15) is 0 Å². The van der Waals surface area contributed by atoms with E-state index in [2.05, 4.69) is 0 Å². The molecule has 0 spiro atoms. The van der Waals surface area contributed by atoms with E-state index in [-0.39, 0.29) is 11.8 Å². The van der Waals surface area contributed by atoms with E-state index in [1.54, 1.807) is 11.0 Å². The molecule has 2 saturated carbocycles. The SMILES string of the molecule is CN(Cc1ccc(Cl)cc1Cl)C(=O)C1CC2CC2C1. The monoisotopic (exact) mass is 297 g/mol. The van der Waals surface area contributed by atoms with Crippen molar-refractivity contribution < 1.29 is 4.79 Å². The number of halogens is 2. The minimum absolute atomic E-state index is 0.236. The fraction of sp³-hybridized carbons (Fsp3) is 0.533. The normalized spacial score (nSPS) is 28.1. The largest absolute Gasteiger partial charge is 0.341 e. The third-order valence-electron chi connectivity index (χ3n) is 4.39. The first-order valence-electron chi connectivity index (χ1n) is 6.73. The summed E-state index contributed by atoms with van der Waals surface area (Å²) >= 11 is 12.0. The number of rotatable bonds is 3. The highest BCUT2D eigenvalue weighted by molar-refractivity contribution is 6.35. The number of fused-ring (bicyclic) bond motifs is 1. The summed E-state index contributed by atoms with van der Waals surface area (Å²) in [5, 5.41) is 1.25. The quantitative estimate of drug-likeness (QED) is 0.826. The maximum Gasteiger partial charge on any atom is 0.225 e. The van der Waals surface area contributed by atoms with Gasteiger partial charge in [0.2, 0.25) is 5.91 Å². The number of benzene rings is 1. The first-order chi connectivity index (χ1) is 9.04. The molecule has 2 unspecified atom stereocenters. The second-order valence-electron chi connectivity index (χ2n) is 5.85. The first-order valence-corrected chi connectivity index (χ1v) is 7.49. The molecule has 3 rings (SSSR count). The van der Waals surface area contributed by atoms with Crippen molar-refractivity contribution >= 4 is 29.1 Å². The average Bonchev–Trinajstić information content (AvgIpc) is 2.98. The van der Waals surface area contributed by atoms with E-state index in [9.17, 15) is 4.79 Å². The van der Waals surface area contributed by atoms with Crippen molar-refractivity contribution in [2.75, 3.05) is 7.05 Å². The zero-order valence-corrected chi connectivity index (χ0v) is 12.4. The summed E-state index contributed by atoms with van der Waals surface area (Å²) in [7, 11) is 1.86. The zero-order chi connectivity index (χ0) is 13.6. The lowest BCUT2D eigenvalue weighted by Gasteiger charge is -2.22. The fourth-order valence-electron chi connectivity index (χ4n) is 3.21. The standard InChI is InChI=1S/C15H17Cl2NO/c1-18(8-9-2-3-13(16)7-14(9)17)15(19)12-5-10-4-11(10)6-12/h2-3,7,10-12H,4-6,8H2,1H3. The topological polar surface area (TPSA) is 20.3 Å². The van der Waals surface area contributed by atoms with Crippen LogP contribution >= 0.6 is 23.2 Å². The van der Waals surface area contributed by atoms with Gasteiger partial charge in [0.05, 0.1) is 0 Å². The number of amides is 1. The van der Waals surface area contributed by atoms with E-state index < -0.39 is 0 Å². The molecule has 0 radical (unpaired) electrons. The van der Waals surface area contributed by atoms with Crippen LogP contribution in [0.5, 0.6) is 0 Å². The van der Waals surface area contributed by atoms with Gasteiger partial charge in [-0.05, 0) is 48.8 Å². The molecule has 4 heteroatoms. The molecule has 2 fully saturated rings. The van der Waals surface area contributed by atoms with E-state index >= 15 is 0 Å². The van der Waals surface area contributed by atoms with Crippen LogP contribution in [0.3, 0.4) is 0 Å². The summed E-state index contributed by atoms with van der Waals surface area (Å²) in [5.41, 5.74) is 0.949. The molecule has 0 heterocycles. The Labute approximate surface area is 123 Å². The molecule has 1 aromatic carbocycles. The van der Waals surface area contributed by atoms with Crippen molar-refractivity contribution in [2.24, 2.45) is 17.8 Å². The predicted octanol–water partition coefficient (Wildman–Crippen LogP) is 4.00. The van der Waals surface area contributed by atoms with Crippen LogP contribution < -0.4 is 0 Å². The van der Waals surface area contributed by atoms with E-state index in [0.29, 0.717) is 16.6 Å². The third kappa shape index (κ3) is 2.75. The van der Waals surface area contributed by atoms with E-state index in [4.69, 9.17) is 23.2 Å². The molecule has 1 amide bonds. The van der Waals surface area contributed by atoms with Gasteiger partial charge in [-0.1, -0.05) is 29.3 Å². The zero-order valence-electron chi connectivity index (χ0n) is 10.9. The molecule has 2 aliphatic rings. The fourth-order valence-corrected chi connectivity index (χ4v) is 3.68. The van der Waals surface area contributed by atoms with Crippen LogP contribution in [0.4, 0.5) is 0 Å². The van der Waals surface area contributed by atoms with Gasteiger partial charge in [-0.25, -0.2) is 0 Å². The van der Waals surface area contributed by atoms with E-state index in [1.165, 1.54) is 6.42 Å². The van der Waals surface area contributed by atoms with Crippen LogP contribution in [-0.4, -0.2) is 17.9 Å². The molecule has 0 N–H and O–H groups in total. The van der Waals surface area contributed by atoms with Gasteiger partial charge in [-0.15, -0.1) is 0 Å². The first kappa shape index (κ1) is 13.3. The van der Waals surface area contributed by atoms with Crippen molar-refractivity contribution in [1.29, 1.82) is 0 Å². The highest BCUT2D eigenvalue weighted by atomic mass is 35.5. The van der Waals surface area contributed by atoms with Crippen molar-refractivity contribution in [1.82, 2.24) is 4.90 Å². The van der Waals surface area contributed by atoms with E-state index in [0.717, 1.165) is 30.2 Å². The summed E-state index contributed by atoms with van der Waals surface area (Å²) in [5.74, 6) is 2.17. The number of hydrogen-bond acceptors (Lipinski definition) is 1. The molecule has 2 atom stereocenters. The van der Waals surface area contributed by atoms with Gasteiger partial charge in [0.15, 0.2) is 0 Å². The van der Waals surface area contributed by atoms with Gasteiger partial charge in [0.25, 0.3) is 0 Å². The average molecular weight is 298 g/mol. The van der Waals surface area contributed by atoms with Gasteiger partial charge in [-0.2, -0.15) is 0 Å². The third-order valence-corrected chi connectivity index (χ3v) is 4.98. The minimum Gasteiger partial charge on any atom is -0.341 e. The minimum atomic E-state index is 0.236. The Kier molecular flexibility index (Phi) is 3.48. The lowest BCUT2D eigenvalue weighted by Crippen LogP contribution is -2.32. The molecular formula is C15H17Cl2NO. The van der Waals surface area contributed by atoms with Gasteiger partial charge in [-0.3, -0.25) is 4.79 Å². The number of carbonyl (C=O) groups excluding carboxylic acids is 1. The molecule has 0 aliphatic heterocycles. The van der Waals surface area contributed by atoms with Crippen LogP contribution in [0, 0.1) is 17.8 Å². The maximum absolute atomic E-state index is 12.4. The van der Waals surface area contributed by atoms with Gasteiger partial charge < -0.3 is 4.90 Å². The van der Waals surface area contributed by atoms with Crippen LogP contribution in [0.1, 0.15) is 24.8 Å². The summed E-state index contributed by atoms with van der Waals surface area (Å²) in [6.45, 7) is 0.556. The van der Waals surface area contributed by atoms with Crippen molar-refractivity contribution in [3.05, 3.63) is 33.8 Å². The van der Waals surface area contributed by atoms with Gasteiger partial charge >= 0.3 is 0 Å². The Bertz CT molecular complexity index is 507.